The fraction of sp³-hybridized carbons (Fsp3) is 0. The number of para-hydroxylation sites is 5. The van der Waals surface area contributed by atoms with Crippen molar-refractivity contribution in [2.75, 3.05) is 0 Å². The summed E-state index contributed by atoms with van der Waals surface area (Å²) in [4.78, 5) is 16.3. The highest BCUT2D eigenvalue weighted by Crippen LogP contribution is 2.44. The first-order valence-corrected chi connectivity index (χ1v) is 22.8. The minimum Gasteiger partial charge on any atom is -0.456 e. The average Bonchev–Trinajstić information content (AvgIpc) is 4.15. The molecule has 5 heterocycles. The second-order valence-electron chi connectivity index (χ2n) is 17.5. The lowest BCUT2D eigenvalue weighted by atomic mass is 10.0. The molecule has 5 aromatic heterocycles. The maximum absolute atomic E-state index is 6.98. The molecule has 68 heavy (non-hydrogen) atoms. The Morgan fingerprint density at radius 2 is 0.838 bits per heavy atom. The van der Waals surface area contributed by atoms with Crippen LogP contribution in [-0.4, -0.2) is 24.1 Å². The monoisotopic (exact) mass is 869 g/mol. The molecule has 0 aliphatic carbocycles. The minimum absolute atomic E-state index is 0.519. The summed E-state index contributed by atoms with van der Waals surface area (Å²) in [7, 11) is 0. The van der Waals surface area contributed by atoms with E-state index in [0.717, 1.165) is 121 Å². The lowest BCUT2D eigenvalue weighted by Gasteiger charge is -2.15. The molecule has 0 bridgehead atoms. The molecule has 0 saturated heterocycles. The summed E-state index contributed by atoms with van der Waals surface area (Å²) in [5.74, 6) is 1.60. The number of benzene rings is 10. The van der Waals surface area contributed by atoms with Crippen LogP contribution in [0.4, 0.5) is 0 Å². The Labute approximate surface area is 387 Å². The number of furan rings is 2. The van der Waals surface area contributed by atoms with Gasteiger partial charge in [0.05, 0.1) is 22.1 Å². The zero-order valence-corrected chi connectivity index (χ0v) is 36.3. The first-order valence-electron chi connectivity index (χ1n) is 22.8. The van der Waals surface area contributed by atoms with E-state index < -0.39 is 0 Å². The molecule has 7 heteroatoms. The fourth-order valence-corrected chi connectivity index (χ4v) is 10.7. The third-order valence-electron chi connectivity index (χ3n) is 13.7. The summed E-state index contributed by atoms with van der Waals surface area (Å²) in [6.07, 6.45) is 0. The lowest BCUT2D eigenvalue weighted by Crippen LogP contribution is -2.04. The Morgan fingerprint density at radius 3 is 1.60 bits per heavy atom. The largest absolute Gasteiger partial charge is 0.456 e. The first kappa shape index (κ1) is 36.9. The molecule has 0 spiro atoms. The average molecular weight is 870 g/mol. The van der Waals surface area contributed by atoms with E-state index in [0.29, 0.717) is 17.5 Å². The maximum atomic E-state index is 6.98. The summed E-state index contributed by atoms with van der Waals surface area (Å²) >= 11 is 0. The van der Waals surface area contributed by atoms with Gasteiger partial charge in [0, 0.05) is 65.5 Å². The van der Waals surface area contributed by atoms with Crippen LogP contribution in [0.1, 0.15) is 0 Å². The van der Waals surface area contributed by atoms with Gasteiger partial charge in [-0.1, -0.05) is 121 Å². The van der Waals surface area contributed by atoms with E-state index in [2.05, 4.69) is 191 Å². The van der Waals surface area contributed by atoms with Crippen LogP contribution in [0.5, 0.6) is 0 Å². The van der Waals surface area contributed by atoms with Crippen LogP contribution in [0, 0.1) is 0 Å². The molecule has 15 rings (SSSR count). The fourth-order valence-electron chi connectivity index (χ4n) is 10.7. The number of hydrogen-bond donors (Lipinski definition) is 0. The van der Waals surface area contributed by atoms with Crippen molar-refractivity contribution in [2.24, 2.45) is 0 Å². The maximum Gasteiger partial charge on any atom is 0.166 e. The van der Waals surface area contributed by atoms with Crippen LogP contribution in [0.3, 0.4) is 0 Å². The van der Waals surface area contributed by atoms with E-state index in [-0.39, 0.29) is 0 Å². The molecule has 0 atom stereocenters. The molecule has 10 aromatic carbocycles. The zero-order valence-electron chi connectivity index (χ0n) is 36.3. The van der Waals surface area contributed by atoms with Crippen molar-refractivity contribution >= 4 is 98.3 Å². The quantitative estimate of drug-likeness (QED) is 0.172. The molecule has 0 unspecified atom stereocenters. The molecule has 0 aliphatic rings. The van der Waals surface area contributed by atoms with E-state index in [1.807, 2.05) is 30.3 Å². The van der Waals surface area contributed by atoms with Crippen LogP contribution < -0.4 is 0 Å². The second kappa shape index (κ2) is 14.1. The van der Waals surface area contributed by atoms with E-state index in [9.17, 15) is 0 Å². The summed E-state index contributed by atoms with van der Waals surface area (Å²) in [5.41, 5.74) is 12.0. The molecule has 7 nitrogen and oxygen atoms in total. The predicted octanol–water partition coefficient (Wildman–Crippen LogP) is 16.0. The van der Waals surface area contributed by atoms with Gasteiger partial charge < -0.3 is 18.0 Å². The van der Waals surface area contributed by atoms with Crippen molar-refractivity contribution in [3.8, 4) is 45.5 Å². The zero-order chi connectivity index (χ0) is 44.5. The van der Waals surface area contributed by atoms with Crippen LogP contribution in [0.15, 0.2) is 221 Å². The minimum atomic E-state index is 0.519. The van der Waals surface area contributed by atoms with Crippen molar-refractivity contribution in [1.82, 2.24) is 24.1 Å². The third-order valence-corrected chi connectivity index (χ3v) is 13.7. The summed E-state index contributed by atoms with van der Waals surface area (Å²) in [5, 5.41) is 11.0. The molecule has 316 valence electrons. The second-order valence-corrected chi connectivity index (χ2v) is 17.5. The van der Waals surface area contributed by atoms with Gasteiger partial charge in [-0.25, -0.2) is 15.0 Å². The van der Waals surface area contributed by atoms with Crippen molar-refractivity contribution in [3.63, 3.8) is 0 Å². The molecule has 0 N–H and O–H groups in total. The normalized spacial score (nSPS) is 12.1. The van der Waals surface area contributed by atoms with Gasteiger partial charge in [0.15, 0.2) is 23.1 Å². The van der Waals surface area contributed by atoms with Gasteiger partial charge >= 0.3 is 0 Å². The molecule has 0 radical (unpaired) electrons. The van der Waals surface area contributed by atoms with Crippen molar-refractivity contribution in [2.45, 2.75) is 0 Å². The van der Waals surface area contributed by atoms with Gasteiger partial charge in [-0.05, 0) is 102 Å². The number of fused-ring (bicyclic) bond motifs is 13. The Hall–Kier alpha value is -9.33. The smallest absolute Gasteiger partial charge is 0.166 e. The SMILES string of the molecule is c1ccc(-n2c3ccccc3c3cc(-c4nc(-c5ccc6c(c5)oc5ccccc56)nc(-c5ccc6c(oc7ccccc76)c5-n5c6ccccc6c6cc7ccccc7cc65)n4)ccc32)cc1. The highest BCUT2D eigenvalue weighted by Gasteiger charge is 2.25. The molecule has 15 aromatic rings. The van der Waals surface area contributed by atoms with E-state index >= 15 is 0 Å². The number of nitrogens with zero attached hydrogens (tertiary/aromatic N) is 5. The Kier molecular flexibility index (Phi) is 7.65. The Balaban J connectivity index is 1.04. The van der Waals surface area contributed by atoms with Crippen LogP contribution in [-0.2, 0) is 0 Å². The topological polar surface area (TPSA) is 74.8 Å². The van der Waals surface area contributed by atoms with Gasteiger partial charge in [-0.2, -0.15) is 0 Å². The van der Waals surface area contributed by atoms with Crippen molar-refractivity contribution in [1.29, 1.82) is 0 Å². The van der Waals surface area contributed by atoms with E-state index in [4.69, 9.17) is 23.8 Å². The standard InChI is InChI=1S/C61H35N5O2/c1-2-16-40(17-3-1)65-50-22-10-6-18-41(50)48-33-38(27-31-52(48)65)59-62-60(39-26-28-45-43-20-8-12-24-54(43)67-56(45)35-39)64-61(63-59)47-30-29-46-44-21-9-13-25-55(44)68-58(46)57(47)66-51-23-11-7-19-42(51)49-32-36-14-4-5-15-37(36)34-53(49)66/h1-35H. The Bertz CT molecular complexity index is 4570. The molecule has 0 fully saturated rings. The van der Waals surface area contributed by atoms with Crippen LogP contribution in [0.2, 0.25) is 0 Å². The summed E-state index contributed by atoms with van der Waals surface area (Å²) < 4.78 is 18.1. The molecule has 0 saturated carbocycles. The van der Waals surface area contributed by atoms with E-state index in [1.54, 1.807) is 0 Å². The summed E-state index contributed by atoms with van der Waals surface area (Å²) in [6, 6.07) is 74.4. The number of rotatable bonds is 5. The molecule has 0 amide bonds. The van der Waals surface area contributed by atoms with E-state index in [1.165, 1.54) is 5.39 Å². The molecular weight excluding hydrogens is 835 g/mol. The number of hydrogen-bond acceptors (Lipinski definition) is 5. The highest BCUT2D eigenvalue weighted by atomic mass is 16.3. The third kappa shape index (κ3) is 5.38. The summed E-state index contributed by atoms with van der Waals surface area (Å²) in [6.45, 7) is 0. The van der Waals surface area contributed by atoms with Gasteiger partial charge in [0.1, 0.15) is 22.4 Å². The van der Waals surface area contributed by atoms with Gasteiger partial charge in [-0.3, -0.25) is 0 Å². The van der Waals surface area contributed by atoms with Crippen molar-refractivity contribution in [3.05, 3.63) is 212 Å². The van der Waals surface area contributed by atoms with Gasteiger partial charge in [0.25, 0.3) is 0 Å². The lowest BCUT2D eigenvalue weighted by molar-refractivity contribution is 0.666. The molecular formula is C61H35N5O2. The molecule has 0 aliphatic heterocycles. The highest BCUT2D eigenvalue weighted by molar-refractivity contribution is 6.17. The van der Waals surface area contributed by atoms with Crippen molar-refractivity contribution < 1.29 is 8.83 Å². The van der Waals surface area contributed by atoms with Gasteiger partial charge in [-0.15, -0.1) is 0 Å². The Morgan fingerprint density at radius 1 is 0.309 bits per heavy atom. The predicted molar refractivity (Wildman–Crippen MR) is 277 cm³/mol. The van der Waals surface area contributed by atoms with Crippen LogP contribution in [0.25, 0.3) is 144 Å². The van der Waals surface area contributed by atoms with Crippen LogP contribution >= 0.6 is 0 Å². The number of aromatic nitrogens is 5. The van der Waals surface area contributed by atoms with Gasteiger partial charge in [0.2, 0.25) is 0 Å². The first-order chi connectivity index (χ1) is 33.7.